The van der Waals surface area contributed by atoms with Crippen molar-refractivity contribution in [2.75, 3.05) is 31.2 Å². The molecule has 0 atom stereocenters. The Morgan fingerprint density at radius 3 is 2.15 bits per heavy atom. The van der Waals surface area contributed by atoms with Crippen molar-refractivity contribution >= 4 is 5.82 Å². The molecule has 26 heavy (non-hydrogen) atoms. The smallest absolute Gasteiger partial charge is 0.131 e. The second kappa shape index (κ2) is 8.06. The summed E-state index contributed by atoms with van der Waals surface area (Å²) in [5.41, 5.74) is 3.63. The average Bonchev–Trinajstić information content (AvgIpc) is 2.74. The first-order valence-electron chi connectivity index (χ1n) is 8.98. The molecule has 5 heteroatoms. The van der Waals surface area contributed by atoms with E-state index < -0.39 is 0 Å². The fraction of sp³-hybridized carbons (Fsp3) is 0.286. The van der Waals surface area contributed by atoms with Crippen LogP contribution in [-0.4, -0.2) is 41.3 Å². The van der Waals surface area contributed by atoms with Gasteiger partial charge in [0.15, 0.2) is 0 Å². The van der Waals surface area contributed by atoms with Crippen LogP contribution in [0.25, 0.3) is 0 Å². The molecule has 4 heterocycles. The molecule has 0 radical (unpaired) electrons. The summed E-state index contributed by atoms with van der Waals surface area (Å²) in [5, 5.41) is 0. The standard InChI is InChI=1S/C21H22N4O/c1-5-18(15-22-7-1)20(19-6-2-8-23-16-19)14-17-4-3-9-24-21(17)25-10-12-26-13-11-25/h1-9,15-16,20H,10-14H2. The third-order valence-corrected chi connectivity index (χ3v) is 4.78. The number of pyridine rings is 3. The molecule has 1 fully saturated rings. The molecule has 0 saturated carbocycles. The first-order valence-corrected chi connectivity index (χ1v) is 8.98. The molecule has 1 aliphatic rings. The Balaban J connectivity index is 1.68. The summed E-state index contributed by atoms with van der Waals surface area (Å²) in [4.78, 5) is 15.6. The van der Waals surface area contributed by atoms with Gasteiger partial charge in [-0.2, -0.15) is 0 Å². The summed E-state index contributed by atoms with van der Waals surface area (Å²) in [5.74, 6) is 1.26. The van der Waals surface area contributed by atoms with Gasteiger partial charge in [-0.1, -0.05) is 18.2 Å². The molecular formula is C21H22N4O. The molecule has 0 bridgehead atoms. The Bertz CT molecular complexity index is 780. The van der Waals surface area contributed by atoms with Crippen molar-refractivity contribution in [1.82, 2.24) is 15.0 Å². The maximum absolute atomic E-state index is 5.49. The number of aromatic nitrogens is 3. The maximum Gasteiger partial charge on any atom is 0.131 e. The molecular weight excluding hydrogens is 324 g/mol. The molecule has 0 amide bonds. The van der Waals surface area contributed by atoms with Crippen LogP contribution in [0.15, 0.2) is 67.4 Å². The number of morpholine rings is 1. The van der Waals surface area contributed by atoms with E-state index in [2.05, 4.69) is 38.1 Å². The Morgan fingerprint density at radius 1 is 0.885 bits per heavy atom. The number of rotatable bonds is 5. The van der Waals surface area contributed by atoms with E-state index in [9.17, 15) is 0 Å². The lowest BCUT2D eigenvalue weighted by molar-refractivity contribution is 0.122. The van der Waals surface area contributed by atoms with Crippen LogP contribution in [0.1, 0.15) is 22.6 Å². The van der Waals surface area contributed by atoms with E-state index >= 15 is 0 Å². The van der Waals surface area contributed by atoms with Crippen molar-refractivity contribution in [3.63, 3.8) is 0 Å². The largest absolute Gasteiger partial charge is 0.378 e. The first-order chi connectivity index (χ1) is 12.9. The van der Waals surface area contributed by atoms with Gasteiger partial charge in [0, 0.05) is 50.0 Å². The quantitative estimate of drug-likeness (QED) is 0.711. The highest BCUT2D eigenvalue weighted by Crippen LogP contribution is 2.30. The zero-order valence-corrected chi connectivity index (χ0v) is 14.7. The molecule has 5 nitrogen and oxygen atoms in total. The molecule has 0 spiro atoms. The SMILES string of the molecule is c1cncc(C(Cc2cccnc2N2CCOCC2)c2cccnc2)c1. The topological polar surface area (TPSA) is 51.1 Å². The molecule has 0 aliphatic carbocycles. The Morgan fingerprint density at radius 2 is 1.54 bits per heavy atom. The summed E-state index contributed by atoms with van der Waals surface area (Å²) >= 11 is 0. The molecule has 3 aromatic heterocycles. The minimum Gasteiger partial charge on any atom is -0.378 e. The summed E-state index contributed by atoms with van der Waals surface area (Å²) < 4.78 is 5.49. The van der Waals surface area contributed by atoms with E-state index in [1.807, 2.05) is 49.2 Å². The summed E-state index contributed by atoms with van der Waals surface area (Å²) in [6.07, 6.45) is 10.3. The van der Waals surface area contributed by atoms with Crippen molar-refractivity contribution in [3.05, 3.63) is 84.1 Å². The van der Waals surface area contributed by atoms with Crippen LogP contribution in [0, 0.1) is 0 Å². The lowest BCUT2D eigenvalue weighted by Crippen LogP contribution is -2.37. The van der Waals surface area contributed by atoms with Gasteiger partial charge in [-0.3, -0.25) is 9.97 Å². The minimum atomic E-state index is 0.196. The van der Waals surface area contributed by atoms with Gasteiger partial charge in [-0.15, -0.1) is 0 Å². The van der Waals surface area contributed by atoms with Crippen molar-refractivity contribution in [2.45, 2.75) is 12.3 Å². The van der Waals surface area contributed by atoms with Crippen molar-refractivity contribution in [1.29, 1.82) is 0 Å². The summed E-state index contributed by atoms with van der Waals surface area (Å²) in [6.45, 7) is 3.28. The maximum atomic E-state index is 5.49. The van der Waals surface area contributed by atoms with Crippen LogP contribution in [0.4, 0.5) is 5.82 Å². The second-order valence-corrected chi connectivity index (χ2v) is 6.41. The average molecular weight is 346 g/mol. The van der Waals surface area contributed by atoms with Gasteiger partial charge in [-0.25, -0.2) is 4.98 Å². The predicted molar refractivity (Wildman–Crippen MR) is 101 cm³/mol. The third-order valence-electron chi connectivity index (χ3n) is 4.78. The monoisotopic (exact) mass is 346 g/mol. The molecule has 3 aromatic rings. The zero-order chi connectivity index (χ0) is 17.6. The number of hydrogen-bond donors (Lipinski definition) is 0. The Hall–Kier alpha value is -2.79. The van der Waals surface area contributed by atoms with E-state index in [1.54, 1.807) is 0 Å². The van der Waals surface area contributed by atoms with Gasteiger partial charge < -0.3 is 9.64 Å². The van der Waals surface area contributed by atoms with Crippen LogP contribution < -0.4 is 4.90 Å². The van der Waals surface area contributed by atoms with Crippen LogP contribution in [0.2, 0.25) is 0 Å². The van der Waals surface area contributed by atoms with E-state index in [0.717, 1.165) is 38.5 Å². The summed E-state index contributed by atoms with van der Waals surface area (Å²) in [6, 6.07) is 12.4. The van der Waals surface area contributed by atoms with Crippen molar-refractivity contribution in [3.8, 4) is 0 Å². The number of anilines is 1. The highest BCUT2D eigenvalue weighted by molar-refractivity contribution is 5.49. The summed E-state index contributed by atoms with van der Waals surface area (Å²) in [7, 11) is 0. The van der Waals surface area contributed by atoms with Gasteiger partial charge in [-0.05, 0) is 41.3 Å². The number of nitrogens with zero attached hydrogens (tertiary/aromatic N) is 4. The van der Waals surface area contributed by atoms with Crippen LogP contribution >= 0.6 is 0 Å². The lowest BCUT2D eigenvalue weighted by atomic mass is 9.87. The molecule has 132 valence electrons. The number of hydrogen-bond acceptors (Lipinski definition) is 5. The fourth-order valence-electron chi connectivity index (χ4n) is 3.46. The molecule has 0 N–H and O–H groups in total. The van der Waals surface area contributed by atoms with Gasteiger partial charge in [0.2, 0.25) is 0 Å². The first kappa shape index (κ1) is 16.7. The highest BCUT2D eigenvalue weighted by atomic mass is 16.5. The second-order valence-electron chi connectivity index (χ2n) is 6.41. The van der Waals surface area contributed by atoms with Crippen LogP contribution in [-0.2, 0) is 11.2 Å². The van der Waals surface area contributed by atoms with Gasteiger partial charge in [0.25, 0.3) is 0 Å². The number of ether oxygens (including phenoxy) is 1. The van der Waals surface area contributed by atoms with Crippen molar-refractivity contribution in [2.24, 2.45) is 0 Å². The Kier molecular flexibility index (Phi) is 5.17. The molecule has 0 unspecified atom stereocenters. The zero-order valence-electron chi connectivity index (χ0n) is 14.7. The van der Waals surface area contributed by atoms with Gasteiger partial charge >= 0.3 is 0 Å². The molecule has 1 saturated heterocycles. The predicted octanol–water partition coefficient (Wildman–Crippen LogP) is 3.08. The van der Waals surface area contributed by atoms with Crippen LogP contribution in [0.3, 0.4) is 0 Å². The van der Waals surface area contributed by atoms with Crippen molar-refractivity contribution < 1.29 is 4.74 Å². The highest BCUT2D eigenvalue weighted by Gasteiger charge is 2.21. The van der Waals surface area contributed by atoms with E-state index in [-0.39, 0.29) is 5.92 Å². The minimum absolute atomic E-state index is 0.196. The van der Waals surface area contributed by atoms with E-state index in [1.165, 1.54) is 16.7 Å². The molecule has 1 aliphatic heterocycles. The molecule has 4 rings (SSSR count). The lowest BCUT2D eigenvalue weighted by Gasteiger charge is -2.30. The van der Waals surface area contributed by atoms with E-state index in [4.69, 9.17) is 4.74 Å². The fourth-order valence-corrected chi connectivity index (χ4v) is 3.46. The molecule has 0 aromatic carbocycles. The van der Waals surface area contributed by atoms with Gasteiger partial charge in [0.1, 0.15) is 5.82 Å². The Labute approximate surface area is 153 Å². The van der Waals surface area contributed by atoms with E-state index in [0.29, 0.717) is 0 Å². The third kappa shape index (κ3) is 3.73. The van der Waals surface area contributed by atoms with Crippen LogP contribution in [0.5, 0.6) is 0 Å². The normalized spacial score (nSPS) is 14.6. The van der Waals surface area contributed by atoms with Gasteiger partial charge in [0.05, 0.1) is 13.2 Å².